The molecular formula is C13H16N2O4. The molecule has 6 heteroatoms. The van der Waals surface area contributed by atoms with E-state index in [0.29, 0.717) is 11.4 Å². The molecule has 0 atom stereocenters. The molecule has 2 rings (SSSR count). The summed E-state index contributed by atoms with van der Waals surface area (Å²) in [4.78, 5) is 21.8. The van der Waals surface area contributed by atoms with Crippen molar-refractivity contribution in [1.29, 1.82) is 0 Å². The maximum atomic E-state index is 11.3. The van der Waals surface area contributed by atoms with Crippen molar-refractivity contribution >= 4 is 17.7 Å². The second kappa shape index (κ2) is 4.79. The van der Waals surface area contributed by atoms with E-state index in [-0.39, 0.29) is 24.5 Å². The standard InChI is InChI=1S/C13H16N2O4/c1-13(2,7-14-12(17)18)8-3-4-10-9(5-8)15-11(16)6-19-10/h3-5,14H,6-7H2,1-2H3,(H,15,16)(H,17,18). The predicted molar refractivity (Wildman–Crippen MR) is 69.6 cm³/mol. The highest BCUT2D eigenvalue weighted by molar-refractivity contribution is 5.95. The first-order valence-corrected chi connectivity index (χ1v) is 5.92. The number of carbonyl (C=O) groups excluding carboxylic acids is 1. The van der Waals surface area contributed by atoms with Gasteiger partial charge in [-0.15, -0.1) is 0 Å². The Morgan fingerprint density at radius 2 is 2.26 bits per heavy atom. The van der Waals surface area contributed by atoms with Crippen LogP contribution >= 0.6 is 0 Å². The SMILES string of the molecule is CC(C)(CNC(=O)O)c1ccc2c(c1)NC(=O)CO2. The van der Waals surface area contributed by atoms with Crippen molar-refractivity contribution in [3.63, 3.8) is 0 Å². The Morgan fingerprint density at radius 1 is 1.53 bits per heavy atom. The van der Waals surface area contributed by atoms with Gasteiger partial charge in [-0.3, -0.25) is 4.79 Å². The van der Waals surface area contributed by atoms with E-state index in [4.69, 9.17) is 9.84 Å². The Morgan fingerprint density at radius 3 is 2.95 bits per heavy atom. The largest absolute Gasteiger partial charge is 0.482 e. The molecule has 1 aliphatic heterocycles. The summed E-state index contributed by atoms with van der Waals surface area (Å²) in [6, 6.07) is 5.47. The molecule has 0 unspecified atom stereocenters. The van der Waals surface area contributed by atoms with Gasteiger partial charge in [0.1, 0.15) is 5.75 Å². The number of anilines is 1. The van der Waals surface area contributed by atoms with Gasteiger partial charge in [-0.25, -0.2) is 4.79 Å². The van der Waals surface area contributed by atoms with Crippen LogP contribution in [-0.4, -0.2) is 30.3 Å². The molecule has 1 aliphatic rings. The fraction of sp³-hybridized carbons (Fsp3) is 0.385. The van der Waals surface area contributed by atoms with Crippen LogP contribution in [0.3, 0.4) is 0 Å². The average molecular weight is 264 g/mol. The quantitative estimate of drug-likeness (QED) is 0.773. The summed E-state index contributed by atoms with van der Waals surface area (Å²) >= 11 is 0. The highest BCUT2D eigenvalue weighted by Gasteiger charge is 2.24. The molecule has 6 nitrogen and oxygen atoms in total. The maximum absolute atomic E-state index is 11.3. The number of nitrogens with one attached hydrogen (secondary N) is 2. The first-order chi connectivity index (χ1) is 8.88. The molecule has 0 saturated heterocycles. The Labute approximate surface area is 110 Å². The predicted octanol–water partition coefficient (Wildman–Crippen LogP) is 1.56. The van der Waals surface area contributed by atoms with Crippen LogP contribution < -0.4 is 15.4 Å². The Hall–Kier alpha value is -2.24. The zero-order valence-electron chi connectivity index (χ0n) is 10.8. The summed E-state index contributed by atoms with van der Waals surface area (Å²) in [5, 5.41) is 13.8. The van der Waals surface area contributed by atoms with Crippen molar-refractivity contribution in [2.75, 3.05) is 18.5 Å². The van der Waals surface area contributed by atoms with E-state index >= 15 is 0 Å². The van der Waals surface area contributed by atoms with Crippen molar-refractivity contribution < 1.29 is 19.4 Å². The summed E-state index contributed by atoms with van der Waals surface area (Å²) < 4.78 is 5.28. The minimum Gasteiger partial charge on any atom is -0.482 e. The summed E-state index contributed by atoms with van der Waals surface area (Å²) in [5.41, 5.74) is 1.17. The third kappa shape index (κ3) is 2.96. The molecule has 0 aromatic heterocycles. The van der Waals surface area contributed by atoms with Crippen LogP contribution in [0.1, 0.15) is 19.4 Å². The zero-order valence-corrected chi connectivity index (χ0v) is 10.8. The van der Waals surface area contributed by atoms with Crippen LogP contribution in [-0.2, 0) is 10.2 Å². The number of benzene rings is 1. The Bertz CT molecular complexity index is 525. The van der Waals surface area contributed by atoms with Crippen molar-refractivity contribution in [1.82, 2.24) is 5.32 Å². The van der Waals surface area contributed by atoms with Gasteiger partial charge in [-0.1, -0.05) is 19.9 Å². The van der Waals surface area contributed by atoms with Crippen LogP contribution in [0.15, 0.2) is 18.2 Å². The number of ether oxygens (including phenoxy) is 1. The molecule has 0 radical (unpaired) electrons. The number of hydrogen-bond acceptors (Lipinski definition) is 3. The monoisotopic (exact) mass is 264 g/mol. The number of rotatable bonds is 3. The van der Waals surface area contributed by atoms with Crippen LogP contribution in [0.2, 0.25) is 0 Å². The Kier molecular flexibility index (Phi) is 3.33. The minimum absolute atomic E-state index is 0.0241. The average Bonchev–Trinajstić information content (AvgIpc) is 2.35. The number of carboxylic acid groups (broad SMARTS) is 1. The third-order valence-electron chi connectivity index (χ3n) is 3.08. The van der Waals surface area contributed by atoms with Gasteiger partial charge in [-0.2, -0.15) is 0 Å². The third-order valence-corrected chi connectivity index (χ3v) is 3.08. The van der Waals surface area contributed by atoms with Gasteiger partial charge in [0.25, 0.3) is 5.91 Å². The molecule has 0 fully saturated rings. The first-order valence-electron chi connectivity index (χ1n) is 5.92. The molecule has 0 aliphatic carbocycles. The van der Waals surface area contributed by atoms with E-state index < -0.39 is 6.09 Å². The van der Waals surface area contributed by atoms with Crippen molar-refractivity contribution in [3.05, 3.63) is 23.8 Å². The van der Waals surface area contributed by atoms with Gasteiger partial charge < -0.3 is 20.5 Å². The van der Waals surface area contributed by atoms with E-state index in [1.54, 1.807) is 6.07 Å². The lowest BCUT2D eigenvalue weighted by molar-refractivity contribution is -0.118. The van der Waals surface area contributed by atoms with Gasteiger partial charge in [-0.05, 0) is 17.7 Å². The van der Waals surface area contributed by atoms with Crippen molar-refractivity contribution in [2.24, 2.45) is 0 Å². The van der Waals surface area contributed by atoms with E-state index in [2.05, 4.69) is 10.6 Å². The summed E-state index contributed by atoms with van der Waals surface area (Å²) in [6.45, 7) is 4.17. The second-order valence-electron chi connectivity index (χ2n) is 5.09. The summed E-state index contributed by atoms with van der Waals surface area (Å²) in [6.07, 6.45) is -1.05. The maximum Gasteiger partial charge on any atom is 0.404 e. The van der Waals surface area contributed by atoms with Crippen LogP contribution in [0.5, 0.6) is 5.75 Å². The molecule has 19 heavy (non-hydrogen) atoms. The van der Waals surface area contributed by atoms with Crippen LogP contribution in [0.4, 0.5) is 10.5 Å². The second-order valence-corrected chi connectivity index (χ2v) is 5.09. The normalized spacial score (nSPS) is 14.1. The molecule has 0 spiro atoms. The van der Waals surface area contributed by atoms with Crippen molar-refractivity contribution in [2.45, 2.75) is 19.3 Å². The lowest BCUT2D eigenvalue weighted by Gasteiger charge is -2.27. The molecular weight excluding hydrogens is 248 g/mol. The minimum atomic E-state index is -1.05. The molecule has 102 valence electrons. The van der Waals surface area contributed by atoms with Crippen LogP contribution in [0.25, 0.3) is 0 Å². The smallest absolute Gasteiger partial charge is 0.404 e. The Balaban J connectivity index is 2.23. The molecule has 2 amide bonds. The summed E-state index contributed by atoms with van der Waals surface area (Å²) in [5.74, 6) is 0.441. The lowest BCUT2D eigenvalue weighted by Crippen LogP contribution is -2.36. The number of amides is 2. The van der Waals surface area contributed by atoms with E-state index in [9.17, 15) is 9.59 Å². The van der Waals surface area contributed by atoms with E-state index in [0.717, 1.165) is 5.56 Å². The zero-order chi connectivity index (χ0) is 14.0. The number of carbonyl (C=O) groups is 2. The van der Waals surface area contributed by atoms with Gasteiger partial charge in [0.05, 0.1) is 5.69 Å². The highest BCUT2D eigenvalue weighted by atomic mass is 16.5. The van der Waals surface area contributed by atoms with Crippen molar-refractivity contribution in [3.8, 4) is 5.75 Å². The number of hydrogen-bond donors (Lipinski definition) is 3. The van der Waals surface area contributed by atoms with Gasteiger partial charge in [0.15, 0.2) is 6.61 Å². The van der Waals surface area contributed by atoms with Gasteiger partial charge in [0, 0.05) is 12.0 Å². The lowest BCUT2D eigenvalue weighted by atomic mass is 9.84. The fourth-order valence-electron chi connectivity index (χ4n) is 1.90. The van der Waals surface area contributed by atoms with E-state index in [1.165, 1.54) is 0 Å². The first kappa shape index (κ1) is 13.2. The van der Waals surface area contributed by atoms with Gasteiger partial charge >= 0.3 is 6.09 Å². The molecule has 1 aromatic carbocycles. The summed E-state index contributed by atoms with van der Waals surface area (Å²) in [7, 11) is 0. The number of fused-ring (bicyclic) bond motifs is 1. The molecule has 0 bridgehead atoms. The molecule has 1 heterocycles. The van der Waals surface area contributed by atoms with Gasteiger partial charge in [0.2, 0.25) is 0 Å². The molecule has 0 saturated carbocycles. The highest BCUT2D eigenvalue weighted by Crippen LogP contribution is 2.33. The fourth-order valence-corrected chi connectivity index (χ4v) is 1.90. The van der Waals surface area contributed by atoms with E-state index in [1.807, 2.05) is 26.0 Å². The van der Waals surface area contributed by atoms with Crippen LogP contribution in [0, 0.1) is 0 Å². The molecule has 3 N–H and O–H groups in total. The topological polar surface area (TPSA) is 87.7 Å². The molecule has 1 aromatic rings.